The maximum Gasteiger partial charge on any atom is 0.191 e. The zero-order valence-corrected chi connectivity index (χ0v) is 15.8. The molecule has 6 heteroatoms. The molecule has 5 nitrogen and oxygen atoms in total. The molecule has 0 unspecified atom stereocenters. The van der Waals surface area contributed by atoms with Gasteiger partial charge in [0.25, 0.3) is 0 Å². The van der Waals surface area contributed by atoms with Crippen molar-refractivity contribution in [1.29, 1.82) is 0 Å². The number of fused-ring (bicyclic) bond motifs is 1. The van der Waals surface area contributed by atoms with Crippen molar-refractivity contribution in [1.82, 2.24) is 10.6 Å². The SMILES string of the molecule is CN=C(NCc1ccc(F)c(COC)c1)NCc1oc2ccccc2c1C. The van der Waals surface area contributed by atoms with Crippen LogP contribution in [0.25, 0.3) is 11.0 Å². The van der Waals surface area contributed by atoms with Crippen LogP contribution >= 0.6 is 0 Å². The lowest BCUT2D eigenvalue weighted by Gasteiger charge is -2.12. The van der Waals surface area contributed by atoms with Gasteiger partial charge in [0.05, 0.1) is 13.2 Å². The number of hydrogen-bond donors (Lipinski definition) is 2. The molecule has 27 heavy (non-hydrogen) atoms. The van der Waals surface area contributed by atoms with Crippen LogP contribution in [0.3, 0.4) is 0 Å². The fourth-order valence-corrected chi connectivity index (χ4v) is 2.97. The average Bonchev–Trinajstić information content (AvgIpc) is 3.00. The Hall–Kier alpha value is -2.86. The smallest absolute Gasteiger partial charge is 0.191 e. The molecule has 3 aromatic rings. The topological polar surface area (TPSA) is 58.8 Å². The number of halogens is 1. The third-order valence-electron chi connectivity index (χ3n) is 4.45. The fourth-order valence-electron chi connectivity index (χ4n) is 2.97. The molecule has 0 aliphatic rings. The van der Waals surface area contributed by atoms with E-state index in [1.165, 1.54) is 6.07 Å². The minimum absolute atomic E-state index is 0.248. The van der Waals surface area contributed by atoms with E-state index in [1.807, 2.05) is 18.2 Å². The number of rotatable bonds is 6. The van der Waals surface area contributed by atoms with Crippen LogP contribution in [-0.2, 0) is 24.4 Å². The van der Waals surface area contributed by atoms with Gasteiger partial charge in [0.1, 0.15) is 17.2 Å². The van der Waals surface area contributed by atoms with Gasteiger partial charge >= 0.3 is 0 Å². The molecule has 1 aromatic heterocycles. The predicted octanol–water partition coefficient (Wildman–Crippen LogP) is 3.89. The predicted molar refractivity (Wildman–Crippen MR) is 105 cm³/mol. The molecule has 0 aliphatic carbocycles. The Kier molecular flexibility index (Phi) is 6.08. The highest BCUT2D eigenvalue weighted by Gasteiger charge is 2.10. The van der Waals surface area contributed by atoms with E-state index in [-0.39, 0.29) is 12.4 Å². The number of methoxy groups -OCH3 is 1. The Balaban J connectivity index is 1.61. The van der Waals surface area contributed by atoms with E-state index in [1.54, 1.807) is 26.3 Å². The molecule has 1 heterocycles. The highest BCUT2D eigenvalue weighted by molar-refractivity contribution is 5.82. The van der Waals surface area contributed by atoms with E-state index in [0.29, 0.717) is 24.6 Å². The summed E-state index contributed by atoms with van der Waals surface area (Å²) >= 11 is 0. The largest absolute Gasteiger partial charge is 0.459 e. The Bertz CT molecular complexity index is 950. The molecule has 0 spiro atoms. The molecule has 2 aromatic carbocycles. The monoisotopic (exact) mass is 369 g/mol. The summed E-state index contributed by atoms with van der Waals surface area (Å²) in [7, 11) is 3.26. The minimum atomic E-state index is -0.261. The van der Waals surface area contributed by atoms with Gasteiger partial charge in [0.15, 0.2) is 5.96 Å². The molecule has 0 saturated carbocycles. The van der Waals surface area contributed by atoms with Gasteiger partial charge in [-0.05, 0) is 30.7 Å². The van der Waals surface area contributed by atoms with E-state index >= 15 is 0 Å². The number of guanidine groups is 1. The summed E-state index contributed by atoms with van der Waals surface area (Å²) < 4.78 is 24.6. The number of hydrogen-bond acceptors (Lipinski definition) is 3. The van der Waals surface area contributed by atoms with Crippen LogP contribution in [-0.4, -0.2) is 20.1 Å². The standard InChI is InChI=1S/C21H24FN3O2/c1-14-17-6-4-5-7-19(17)27-20(14)12-25-21(23-2)24-11-15-8-9-18(22)16(10-15)13-26-3/h4-10H,11-13H2,1-3H3,(H2,23,24,25). The van der Waals surface area contributed by atoms with Crippen molar-refractivity contribution < 1.29 is 13.5 Å². The van der Waals surface area contributed by atoms with Crippen molar-refractivity contribution in [2.45, 2.75) is 26.6 Å². The minimum Gasteiger partial charge on any atom is -0.459 e. The number of para-hydroxylation sites is 1. The maximum absolute atomic E-state index is 13.7. The van der Waals surface area contributed by atoms with Crippen molar-refractivity contribution in [2.75, 3.05) is 14.2 Å². The average molecular weight is 369 g/mol. The lowest BCUT2D eigenvalue weighted by Crippen LogP contribution is -2.36. The van der Waals surface area contributed by atoms with E-state index in [0.717, 1.165) is 27.9 Å². The van der Waals surface area contributed by atoms with Gasteiger partial charge in [-0.1, -0.05) is 24.3 Å². The third-order valence-corrected chi connectivity index (χ3v) is 4.45. The molecule has 0 amide bonds. The number of aliphatic imine (C=N–C) groups is 1. The summed E-state index contributed by atoms with van der Waals surface area (Å²) in [5, 5.41) is 7.61. The number of nitrogens with one attached hydrogen (secondary N) is 2. The molecule has 0 radical (unpaired) electrons. The molecule has 0 fully saturated rings. The van der Waals surface area contributed by atoms with E-state index in [2.05, 4.69) is 28.6 Å². The van der Waals surface area contributed by atoms with E-state index < -0.39 is 0 Å². The van der Waals surface area contributed by atoms with Crippen LogP contribution in [0.15, 0.2) is 51.9 Å². The quantitative estimate of drug-likeness (QED) is 0.511. The first kappa shape index (κ1) is 18.9. The lowest BCUT2D eigenvalue weighted by molar-refractivity contribution is 0.181. The Labute approximate surface area is 158 Å². The Morgan fingerprint density at radius 2 is 1.93 bits per heavy atom. The van der Waals surface area contributed by atoms with Crippen molar-refractivity contribution >= 4 is 16.9 Å². The summed E-state index contributed by atoms with van der Waals surface area (Å²) in [6, 6.07) is 13.0. The molecule has 3 rings (SSSR count). The summed E-state index contributed by atoms with van der Waals surface area (Å²) in [4.78, 5) is 4.23. The maximum atomic E-state index is 13.7. The van der Waals surface area contributed by atoms with Gasteiger partial charge in [-0.15, -0.1) is 0 Å². The van der Waals surface area contributed by atoms with Gasteiger partial charge in [-0.2, -0.15) is 0 Å². The van der Waals surface area contributed by atoms with Gasteiger partial charge < -0.3 is 19.8 Å². The first-order valence-corrected chi connectivity index (χ1v) is 8.80. The van der Waals surface area contributed by atoms with Crippen molar-refractivity contribution in [3.63, 3.8) is 0 Å². The molecule has 142 valence electrons. The van der Waals surface area contributed by atoms with E-state index in [4.69, 9.17) is 9.15 Å². The third kappa shape index (κ3) is 4.46. The van der Waals surface area contributed by atoms with Crippen LogP contribution in [0, 0.1) is 12.7 Å². The molecule has 0 saturated heterocycles. The number of furan rings is 1. The lowest BCUT2D eigenvalue weighted by atomic mass is 10.1. The summed E-state index contributed by atoms with van der Waals surface area (Å²) in [5.41, 5.74) is 3.49. The molecular formula is C21H24FN3O2. The molecule has 0 aliphatic heterocycles. The Morgan fingerprint density at radius 1 is 1.15 bits per heavy atom. The van der Waals surface area contributed by atoms with Gasteiger partial charge in [0.2, 0.25) is 0 Å². The highest BCUT2D eigenvalue weighted by atomic mass is 19.1. The zero-order chi connectivity index (χ0) is 19.2. The van der Waals surface area contributed by atoms with Crippen LogP contribution in [0.4, 0.5) is 4.39 Å². The van der Waals surface area contributed by atoms with Crippen LogP contribution in [0.5, 0.6) is 0 Å². The number of ether oxygens (including phenoxy) is 1. The van der Waals surface area contributed by atoms with Crippen molar-refractivity contribution in [3.8, 4) is 0 Å². The van der Waals surface area contributed by atoms with Crippen LogP contribution in [0.2, 0.25) is 0 Å². The van der Waals surface area contributed by atoms with Crippen molar-refractivity contribution in [2.24, 2.45) is 4.99 Å². The second kappa shape index (κ2) is 8.68. The molecule has 0 atom stereocenters. The van der Waals surface area contributed by atoms with Crippen LogP contribution in [0.1, 0.15) is 22.5 Å². The van der Waals surface area contributed by atoms with Gasteiger partial charge in [-0.25, -0.2) is 4.39 Å². The van der Waals surface area contributed by atoms with Gasteiger partial charge in [0, 0.05) is 37.2 Å². The highest BCUT2D eigenvalue weighted by Crippen LogP contribution is 2.24. The first-order chi connectivity index (χ1) is 13.1. The normalized spacial score (nSPS) is 11.8. The zero-order valence-electron chi connectivity index (χ0n) is 15.8. The molecule has 0 bridgehead atoms. The second-order valence-electron chi connectivity index (χ2n) is 6.28. The second-order valence-corrected chi connectivity index (χ2v) is 6.28. The number of nitrogens with zero attached hydrogens (tertiary/aromatic N) is 1. The molecule has 2 N–H and O–H groups in total. The summed E-state index contributed by atoms with van der Waals surface area (Å²) in [6.07, 6.45) is 0. The number of aryl methyl sites for hydroxylation is 1. The molecular weight excluding hydrogens is 345 g/mol. The van der Waals surface area contributed by atoms with Crippen LogP contribution < -0.4 is 10.6 Å². The van der Waals surface area contributed by atoms with E-state index in [9.17, 15) is 4.39 Å². The first-order valence-electron chi connectivity index (χ1n) is 8.80. The number of benzene rings is 2. The Morgan fingerprint density at radius 3 is 2.67 bits per heavy atom. The summed E-state index contributed by atoms with van der Waals surface area (Å²) in [5.74, 6) is 1.26. The fraction of sp³-hybridized carbons (Fsp3) is 0.286. The van der Waals surface area contributed by atoms with Crippen molar-refractivity contribution in [3.05, 3.63) is 70.7 Å². The summed E-state index contributed by atoms with van der Waals surface area (Å²) in [6.45, 7) is 3.35. The van der Waals surface area contributed by atoms with Gasteiger partial charge in [-0.3, -0.25) is 4.99 Å².